The van der Waals surface area contributed by atoms with Gasteiger partial charge in [0, 0.05) is 37.4 Å². The third-order valence-electron chi connectivity index (χ3n) is 4.36. The molecule has 104 valence electrons. The Labute approximate surface area is 114 Å². The lowest BCUT2D eigenvalue weighted by molar-refractivity contribution is -0.127. The van der Waals surface area contributed by atoms with E-state index in [4.69, 9.17) is 4.74 Å². The Kier molecular flexibility index (Phi) is 3.60. The van der Waals surface area contributed by atoms with Crippen molar-refractivity contribution in [1.82, 2.24) is 9.80 Å². The molecule has 0 saturated carbocycles. The maximum atomic E-state index is 12.3. The summed E-state index contributed by atoms with van der Waals surface area (Å²) in [5.41, 5.74) is 3.74. The number of hydrogen-bond acceptors (Lipinski definition) is 3. The van der Waals surface area contributed by atoms with Gasteiger partial charge >= 0.3 is 0 Å². The molecule has 0 bridgehead atoms. The van der Waals surface area contributed by atoms with Crippen LogP contribution >= 0.6 is 0 Å². The van der Waals surface area contributed by atoms with Crippen LogP contribution in [0.25, 0.3) is 0 Å². The smallest absolute Gasteiger partial charge is 0.250 e. The largest absolute Gasteiger partial charge is 0.378 e. The fourth-order valence-corrected chi connectivity index (χ4v) is 3.19. The van der Waals surface area contributed by atoms with Gasteiger partial charge < -0.3 is 14.5 Å². The van der Waals surface area contributed by atoms with Gasteiger partial charge in [-0.1, -0.05) is 0 Å². The summed E-state index contributed by atoms with van der Waals surface area (Å²) < 4.78 is 5.40. The molecule has 4 heteroatoms. The number of carbonyl (C=O) groups excluding carboxylic acids is 1. The molecule has 2 heterocycles. The van der Waals surface area contributed by atoms with E-state index in [1.54, 1.807) is 0 Å². The molecule has 0 unspecified atom stereocenters. The topological polar surface area (TPSA) is 32.8 Å². The lowest BCUT2D eigenvalue weighted by Crippen LogP contribution is -2.39. The van der Waals surface area contributed by atoms with Gasteiger partial charge in [0.15, 0.2) is 0 Å². The molecule has 2 aliphatic heterocycles. The highest BCUT2D eigenvalue weighted by molar-refractivity contribution is 5.96. The van der Waals surface area contributed by atoms with E-state index in [1.807, 2.05) is 4.90 Å². The Morgan fingerprint density at radius 2 is 1.95 bits per heavy atom. The lowest BCUT2D eigenvalue weighted by Gasteiger charge is -2.36. The van der Waals surface area contributed by atoms with E-state index in [0.29, 0.717) is 0 Å². The highest BCUT2D eigenvalue weighted by atomic mass is 16.5. The lowest BCUT2D eigenvalue weighted by atomic mass is 9.89. The predicted octanol–water partition coefficient (Wildman–Crippen LogP) is 1.55. The van der Waals surface area contributed by atoms with Crippen LogP contribution in [0, 0.1) is 0 Å². The molecule has 0 aromatic rings. The summed E-state index contributed by atoms with van der Waals surface area (Å²) in [6.07, 6.45) is 5.20. The van der Waals surface area contributed by atoms with Crippen LogP contribution in [0.4, 0.5) is 0 Å². The summed E-state index contributed by atoms with van der Waals surface area (Å²) in [6, 6.07) is 0. The number of amides is 1. The first-order chi connectivity index (χ1) is 9.29. The third-order valence-corrected chi connectivity index (χ3v) is 4.36. The predicted molar refractivity (Wildman–Crippen MR) is 73.6 cm³/mol. The van der Waals surface area contributed by atoms with E-state index >= 15 is 0 Å². The molecule has 1 aliphatic carbocycles. The molecule has 0 atom stereocenters. The SMILES string of the molecule is CCN1CCC2=C(CCC(N3CCOCC3)=C2)C1=O. The van der Waals surface area contributed by atoms with Crippen LogP contribution in [-0.4, -0.2) is 55.1 Å². The number of morpholine rings is 1. The normalized spacial score (nSPS) is 24.5. The molecule has 0 radical (unpaired) electrons. The monoisotopic (exact) mass is 262 g/mol. The molecular formula is C15H22N2O2. The minimum Gasteiger partial charge on any atom is -0.378 e. The summed E-state index contributed by atoms with van der Waals surface area (Å²) in [6.45, 7) is 7.39. The van der Waals surface area contributed by atoms with Crippen molar-refractivity contribution in [3.63, 3.8) is 0 Å². The average molecular weight is 262 g/mol. The van der Waals surface area contributed by atoms with Gasteiger partial charge in [-0.3, -0.25) is 4.79 Å². The van der Waals surface area contributed by atoms with E-state index in [2.05, 4.69) is 17.9 Å². The summed E-state index contributed by atoms with van der Waals surface area (Å²) in [7, 11) is 0. The van der Waals surface area contributed by atoms with Crippen molar-refractivity contribution in [2.75, 3.05) is 39.4 Å². The van der Waals surface area contributed by atoms with Crippen molar-refractivity contribution in [2.45, 2.75) is 26.2 Å². The second kappa shape index (κ2) is 5.37. The van der Waals surface area contributed by atoms with Crippen LogP contribution in [0.3, 0.4) is 0 Å². The average Bonchev–Trinajstić information content (AvgIpc) is 2.48. The first kappa shape index (κ1) is 12.7. The second-order valence-electron chi connectivity index (χ2n) is 5.37. The molecule has 0 aromatic carbocycles. The zero-order chi connectivity index (χ0) is 13.2. The molecule has 1 amide bonds. The van der Waals surface area contributed by atoms with Gasteiger partial charge in [0.1, 0.15) is 0 Å². The second-order valence-corrected chi connectivity index (χ2v) is 5.37. The molecule has 0 N–H and O–H groups in total. The summed E-state index contributed by atoms with van der Waals surface area (Å²) in [5.74, 6) is 0.265. The first-order valence-electron chi connectivity index (χ1n) is 7.34. The van der Waals surface area contributed by atoms with Gasteiger partial charge in [-0.05, 0) is 37.8 Å². The molecule has 1 saturated heterocycles. The minimum atomic E-state index is 0.265. The van der Waals surface area contributed by atoms with Gasteiger partial charge in [0.2, 0.25) is 5.91 Å². The van der Waals surface area contributed by atoms with Crippen LogP contribution in [0.2, 0.25) is 0 Å². The van der Waals surface area contributed by atoms with Crippen molar-refractivity contribution in [3.05, 3.63) is 22.9 Å². The Bertz CT molecular complexity index is 433. The number of rotatable bonds is 2. The molecular weight excluding hydrogens is 240 g/mol. The van der Waals surface area contributed by atoms with Crippen LogP contribution in [0.5, 0.6) is 0 Å². The van der Waals surface area contributed by atoms with Gasteiger partial charge in [-0.2, -0.15) is 0 Å². The maximum Gasteiger partial charge on any atom is 0.250 e. The van der Waals surface area contributed by atoms with Crippen molar-refractivity contribution in [2.24, 2.45) is 0 Å². The molecule has 0 aromatic heterocycles. The number of ether oxygens (including phenoxy) is 1. The van der Waals surface area contributed by atoms with Crippen molar-refractivity contribution in [1.29, 1.82) is 0 Å². The summed E-state index contributed by atoms with van der Waals surface area (Å²) in [4.78, 5) is 16.7. The molecule has 4 nitrogen and oxygen atoms in total. The number of hydrogen-bond donors (Lipinski definition) is 0. The highest BCUT2D eigenvalue weighted by Crippen LogP contribution is 2.32. The Balaban J connectivity index is 1.79. The van der Waals surface area contributed by atoms with Crippen LogP contribution < -0.4 is 0 Å². The zero-order valence-electron chi connectivity index (χ0n) is 11.7. The van der Waals surface area contributed by atoms with E-state index in [1.165, 1.54) is 11.3 Å². The molecule has 1 fully saturated rings. The quantitative estimate of drug-likeness (QED) is 0.757. The first-order valence-corrected chi connectivity index (χ1v) is 7.34. The van der Waals surface area contributed by atoms with E-state index in [9.17, 15) is 4.79 Å². The van der Waals surface area contributed by atoms with Gasteiger partial charge in [0.05, 0.1) is 13.2 Å². The number of nitrogens with zero attached hydrogens (tertiary/aromatic N) is 2. The Hall–Kier alpha value is -1.29. The number of allylic oxidation sites excluding steroid dienone is 2. The van der Waals surface area contributed by atoms with Gasteiger partial charge in [-0.15, -0.1) is 0 Å². The Morgan fingerprint density at radius 3 is 2.68 bits per heavy atom. The van der Waals surface area contributed by atoms with E-state index in [-0.39, 0.29) is 5.91 Å². The van der Waals surface area contributed by atoms with Gasteiger partial charge in [0.25, 0.3) is 0 Å². The summed E-state index contributed by atoms with van der Waals surface area (Å²) >= 11 is 0. The Morgan fingerprint density at radius 1 is 1.16 bits per heavy atom. The van der Waals surface area contributed by atoms with Crippen molar-refractivity contribution in [3.8, 4) is 0 Å². The summed E-state index contributed by atoms with van der Waals surface area (Å²) in [5, 5.41) is 0. The van der Waals surface area contributed by atoms with Crippen LogP contribution in [0.15, 0.2) is 22.9 Å². The molecule has 0 spiro atoms. The fourth-order valence-electron chi connectivity index (χ4n) is 3.19. The minimum absolute atomic E-state index is 0.265. The highest BCUT2D eigenvalue weighted by Gasteiger charge is 2.28. The fraction of sp³-hybridized carbons (Fsp3) is 0.667. The third kappa shape index (κ3) is 2.41. The van der Waals surface area contributed by atoms with E-state index < -0.39 is 0 Å². The molecule has 19 heavy (non-hydrogen) atoms. The standard InChI is InChI=1S/C15H22N2O2/c1-2-16-6-5-12-11-13(3-4-14(12)15(16)18)17-7-9-19-10-8-17/h11H,2-10H2,1H3. The molecule has 3 aliphatic rings. The zero-order valence-corrected chi connectivity index (χ0v) is 11.7. The van der Waals surface area contributed by atoms with Crippen LogP contribution in [0.1, 0.15) is 26.2 Å². The number of likely N-dealkylation sites (N-methyl/N-ethyl adjacent to an activating group) is 1. The van der Waals surface area contributed by atoms with E-state index in [0.717, 1.165) is 64.2 Å². The van der Waals surface area contributed by atoms with Gasteiger partial charge in [-0.25, -0.2) is 0 Å². The maximum absolute atomic E-state index is 12.3. The van der Waals surface area contributed by atoms with Crippen molar-refractivity contribution >= 4 is 5.91 Å². The number of carbonyl (C=O) groups is 1. The van der Waals surface area contributed by atoms with Crippen LogP contribution in [-0.2, 0) is 9.53 Å². The van der Waals surface area contributed by atoms with Crippen molar-refractivity contribution < 1.29 is 9.53 Å². The molecule has 3 rings (SSSR count).